The van der Waals surface area contributed by atoms with Crippen LogP contribution in [0, 0.1) is 5.92 Å². The summed E-state index contributed by atoms with van der Waals surface area (Å²) in [6, 6.07) is 21.4. The van der Waals surface area contributed by atoms with Crippen molar-refractivity contribution in [2.75, 3.05) is 6.54 Å². The summed E-state index contributed by atoms with van der Waals surface area (Å²) in [5.74, 6) is 0.651. The largest absolute Gasteiger partial charge is 0.280 e. The van der Waals surface area contributed by atoms with Gasteiger partial charge in [0.25, 0.3) is 0 Å². The molecule has 1 heterocycles. The van der Waals surface area contributed by atoms with E-state index in [1.165, 1.54) is 103 Å². The van der Waals surface area contributed by atoms with Crippen molar-refractivity contribution in [3.8, 4) is 22.3 Å². The Morgan fingerprint density at radius 3 is 2.13 bits per heavy atom. The monoisotopic (exact) mass is 505 g/mol. The molecule has 5 rings (SSSR count). The van der Waals surface area contributed by atoms with Gasteiger partial charge in [-0.15, -0.1) is 0 Å². The van der Waals surface area contributed by atoms with Crippen LogP contribution in [0.2, 0.25) is 0 Å². The van der Waals surface area contributed by atoms with E-state index in [1.807, 2.05) is 0 Å². The Bertz CT molecular complexity index is 1360. The first-order chi connectivity index (χ1) is 18.6. The van der Waals surface area contributed by atoms with Crippen molar-refractivity contribution in [3.05, 3.63) is 81.9 Å². The van der Waals surface area contributed by atoms with E-state index in [-0.39, 0.29) is 5.41 Å². The van der Waals surface area contributed by atoms with Crippen molar-refractivity contribution >= 4 is 6.08 Å². The molecular weight excluding hydrogens is 458 g/mol. The highest BCUT2D eigenvalue weighted by molar-refractivity contribution is 5.84. The minimum atomic E-state index is 0.132. The summed E-state index contributed by atoms with van der Waals surface area (Å²) in [6.45, 7) is 10.1. The molecule has 3 aromatic carbocycles. The molecule has 38 heavy (non-hydrogen) atoms. The van der Waals surface area contributed by atoms with E-state index < -0.39 is 0 Å². The summed E-state index contributed by atoms with van der Waals surface area (Å²) < 4.78 is 0. The van der Waals surface area contributed by atoms with Gasteiger partial charge in [-0.25, -0.2) is 0 Å². The Hall–Kier alpha value is -2.67. The lowest BCUT2D eigenvalue weighted by Crippen LogP contribution is -2.29. The molecule has 3 aromatic rings. The minimum absolute atomic E-state index is 0.132. The van der Waals surface area contributed by atoms with Gasteiger partial charge in [-0.05, 0) is 64.6 Å². The zero-order valence-corrected chi connectivity index (χ0v) is 24.3. The van der Waals surface area contributed by atoms with Crippen LogP contribution in [0.3, 0.4) is 0 Å². The second-order valence-electron chi connectivity index (χ2n) is 12.2. The van der Waals surface area contributed by atoms with Gasteiger partial charge in [-0.1, -0.05) is 134 Å². The number of unbranched alkanes of at least 4 members (excludes halogenated alkanes) is 6. The van der Waals surface area contributed by atoms with Gasteiger partial charge in [0.2, 0.25) is 0 Å². The maximum atomic E-state index is 5.00. The maximum Gasteiger partial charge on any atom is 0.0729 e. The number of rotatable bonds is 13. The molecule has 0 saturated carbocycles. The van der Waals surface area contributed by atoms with Crippen LogP contribution in [0.4, 0.5) is 0 Å². The predicted molar refractivity (Wildman–Crippen MR) is 164 cm³/mol. The van der Waals surface area contributed by atoms with Gasteiger partial charge in [-0.2, -0.15) is 0 Å². The zero-order valence-electron chi connectivity index (χ0n) is 24.3. The summed E-state index contributed by atoms with van der Waals surface area (Å²) >= 11 is 0. The highest BCUT2D eigenvalue weighted by atomic mass is 14.7. The van der Waals surface area contributed by atoms with Gasteiger partial charge in [-0.3, -0.25) is 4.99 Å². The van der Waals surface area contributed by atoms with Crippen LogP contribution in [0.15, 0.2) is 59.6 Å². The minimum Gasteiger partial charge on any atom is -0.280 e. The van der Waals surface area contributed by atoms with E-state index in [2.05, 4.69) is 88.4 Å². The van der Waals surface area contributed by atoms with Crippen LogP contribution in [0.5, 0.6) is 0 Å². The molecular formula is C37H47N. The fraction of sp³-hybridized carbons (Fsp3) is 0.486. The lowest BCUT2D eigenvalue weighted by Gasteiger charge is -2.33. The molecule has 1 nitrogen and oxygen atoms in total. The van der Waals surface area contributed by atoms with Crippen molar-refractivity contribution in [2.24, 2.45) is 10.9 Å². The summed E-state index contributed by atoms with van der Waals surface area (Å²) in [5.41, 5.74) is 10.3. The third kappa shape index (κ3) is 5.14. The van der Waals surface area contributed by atoms with E-state index in [1.54, 1.807) is 11.1 Å². The Kier molecular flexibility index (Phi) is 8.51. The SMILES string of the molecule is CCCCCCC1(CCCCCC)c2ccccc2-c2ccc(-c3ccc(CC(C)C)c4c3=NCC=4)cc21. The topological polar surface area (TPSA) is 12.4 Å². The highest BCUT2D eigenvalue weighted by Gasteiger charge is 2.42. The fourth-order valence-corrected chi connectivity index (χ4v) is 7.12. The first-order valence-electron chi connectivity index (χ1n) is 15.5. The Morgan fingerprint density at radius 1 is 0.737 bits per heavy atom. The standard InChI is InChI=1S/C37H47N/c1-5-7-9-13-22-37(23-14-10-8-6-2)34-16-12-11-15-32(34)33-20-18-29(26-35(33)37)30-19-17-28(25-27(3)4)31-21-24-38-36(30)31/h11-12,15-21,26-27H,5-10,13-14,22-25H2,1-4H3. The number of benzene rings is 3. The Balaban J connectivity index is 1.61. The van der Waals surface area contributed by atoms with Crippen molar-refractivity contribution in [3.63, 3.8) is 0 Å². The van der Waals surface area contributed by atoms with Crippen molar-refractivity contribution < 1.29 is 0 Å². The van der Waals surface area contributed by atoms with Crippen molar-refractivity contribution in [1.82, 2.24) is 0 Å². The molecule has 0 spiro atoms. The van der Waals surface area contributed by atoms with Crippen LogP contribution in [0.1, 0.15) is 109 Å². The summed E-state index contributed by atoms with van der Waals surface area (Å²) in [4.78, 5) is 5.00. The third-order valence-electron chi connectivity index (χ3n) is 8.97. The summed E-state index contributed by atoms with van der Waals surface area (Å²) in [5, 5.41) is 2.60. The van der Waals surface area contributed by atoms with Crippen LogP contribution in [-0.4, -0.2) is 6.54 Å². The molecule has 0 saturated heterocycles. The molecule has 0 N–H and O–H groups in total. The van der Waals surface area contributed by atoms with Crippen LogP contribution in [-0.2, 0) is 11.8 Å². The molecule has 1 aliphatic heterocycles. The van der Waals surface area contributed by atoms with Gasteiger partial charge in [0.1, 0.15) is 0 Å². The zero-order chi connectivity index (χ0) is 26.5. The average molecular weight is 506 g/mol. The Morgan fingerprint density at radius 2 is 1.42 bits per heavy atom. The molecule has 0 amide bonds. The number of hydrogen-bond acceptors (Lipinski definition) is 1. The van der Waals surface area contributed by atoms with E-state index in [9.17, 15) is 0 Å². The lowest BCUT2D eigenvalue weighted by atomic mass is 9.70. The van der Waals surface area contributed by atoms with E-state index >= 15 is 0 Å². The molecule has 0 bridgehead atoms. The number of fused-ring (bicyclic) bond motifs is 4. The molecule has 1 heteroatoms. The second-order valence-corrected chi connectivity index (χ2v) is 12.2. The number of hydrogen-bond donors (Lipinski definition) is 0. The molecule has 0 atom stereocenters. The quantitative estimate of drug-likeness (QED) is 0.205. The Labute approximate surface area is 231 Å². The smallest absolute Gasteiger partial charge is 0.0729 e. The van der Waals surface area contributed by atoms with Crippen LogP contribution >= 0.6 is 0 Å². The molecule has 0 aromatic heterocycles. The highest BCUT2D eigenvalue weighted by Crippen LogP contribution is 2.54. The van der Waals surface area contributed by atoms with Crippen LogP contribution in [0.25, 0.3) is 28.3 Å². The van der Waals surface area contributed by atoms with Gasteiger partial charge < -0.3 is 0 Å². The van der Waals surface area contributed by atoms with Crippen molar-refractivity contribution in [1.29, 1.82) is 0 Å². The molecule has 1 aliphatic carbocycles. The summed E-state index contributed by atoms with van der Waals surface area (Å²) in [6.07, 6.45) is 16.5. The second kappa shape index (κ2) is 12.0. The third-order valence-corrected chi connectivity index (χ3v) is 8.97. The molecule has 0 radical (unpaired) electrons. The molecule has 200 valence electrons. The van der Waals surface area contributed by atoms with Crippen molar-refractivity contribution in [2.45, 2.75) is 104 Å². The maximum absolute atomic E-state index is 5.00. The van der Waals surface area contributed by atoms with Gasteiger partial charge >= 0.3 is 0 Å². The fourth-order valence-electron chi connectivity index (χ4n) is 7.12. The van der Waals surface area contributed by atoms with Crippen LogP contribution < -0.4 is 10.6 Å². The normalized spacial score (nSPS) is 14.7. The molecule has 0 fully saturated rings. The van der Waals surface area contributed by atoms with E-state index in [4.69, 9.17) is 4.99 Å². The molecule has 2 aliphatic rings. The van der Waals surface area contributed by atoms with Gasteiger partial charge in [0, 0.05) is 16.2 Å². The van der Waals surface area contributed by atoms with E-state index in [0.29, 0.717) is 5.92 Å². The predicted octanol–water partition coefficient (Wildman–Crippen LogP) is 9.17. The average Bonchev–Trinajstić information content (AvgIpc) is 3.52. The number of nitrogens with zero attached hydrogens (tertiary/aromatic N) is 1. The lowest BCUT2D eigenvalue weighted by molar-refractivity contribution is 0.401. The van der Waals surface area contributed by atoms with Gasteiger partial charge in [0.05, 0.1) is 11.9 Å². The van der Waals surface area contributed by atoms with Gasteiger partial charge in [0.15, 0.2) is 0 Å². The molecule has 0 unspecified atom stereocenters. The first kappa shape index (κ1) is 26.9. The van der Waals surface area contributed by atoms with E-state index in [0.717, 1.165) is 13.0 Å². The summed E-state index contributed by atoms with van der Waals surface area (Å²) in [7, 11) is 0. The first-order valence-corrected chi connectivity index (χ1v) is 15.5.